The van der Waals surface area contributed by atoms with Crippen LogP contribution in [-0.2, 0) is 16.9 Å². The molecule has 156 valence electrons. The van der Waals surface area contributed by atoms with Crippen LogP contribution >= 0.6 is 0 Å². The Morgan fingerprint density at radius 2 is 2.28 bits per heavy atom. The number of allylic oxidation sites excluding steroid dienone is 1. The van der Waals surface area contributed by atoms with Crippen molar-refractivity contribution in [3.05, 3.63) is 46.4 Å². The molecular formula is C21H28FN5O2. The predicted molar refractivity (Wildman–Crippen MR) is 111 cm³/mol. The van der Waals surface area contributed by atoms with Crippen LogP contribution in [0.1, 0.15) is 30.0 Å². The van der Waals surface area contributed by atoms with Gasteiger partial charge in [-0.05, 0) is 30.2 Å². The highest BCUT2D eigenvalue weighted by molar-refractivity contribution is 5.94. The van der Waals surface area contributed by atoms with Crippen LogP contribution < -0.4 is 26.4 Å². The van der Waals surface area contributed by atoms with Crippen LogP contribution in [0.25, 0.3) is 5.57 Å². The van der Waals surface area contributed by atoms with Crippen LogP contribution in [0.15, 0.2) is 28.9 Å². The summed E-state index contributed by atoms with van der Waals surface area (Å²) in [5.41, 5.74) is 10.00. The molecule has 3 heterocycles. The molecule has 3 aliphatic rings. The maximum atomic E-state index is 16.1. The maximum Gasteiger partial charge on any atom is 0.214 e. The van der Waals surface area contributed by atoms with Gasteiger partial charge in [-0.3, -0.25) is 5.73 Å². The van der Waals surface area contributed by atoms with Crippen LogP contribution in [0.3, 0.4) is 0 Å². The Balaban J connectivity index is 1.86. The molecule has 0 aliphatic carbocycles. The van der Waals surface area contributed by atoms with Gasteiger partial charge in [0.1, 0.15) is 17.4 Å². The Labute approximate surface area is 170 Å². The van der Waals surface area contributed by atoms with Crippen LogP contribution in [0.5, 0.6) is 5.75 Å². The summed E-state index contributed by atoms with van der Waals surface area (Å²) >= 11 is 0. The van der Waals surface area contributed by atoms with Gasteiger partial charge in [-0.1, -0.05) is 6.08 Å². The number of rotatable bonds is 3. The number of aliphatic imine (C=N–C) groups is 1. The first-order chi connectivity index (χ1) is 13.9. The highest BCUT2D eigenvalue weighted by Crippen LogP contribution is 2.42. The Hall–Kier alpha value is -2.42. The highest BCUT2D eigenvalue weighted by Gasteiger charge is 2.37. The molecule has 2 atom stereocenters. The molecule has 0 fully saturated rings. The second-order valence-corrected chi connectivity index (χ2v) is 7.62. The minimum atomic E-state index is -1.40. The van der Waals surface area contributed by atoms with E-state index >= 15 is 4.39 Å². The van der Waals surface area contributed by atoms with Gasteiger partial charge in [0, 0.05) is 45.8 Å². The molecule has 29 heavy (non-hydrogen) atoms. The fraction of sp³-hybridized carbons (Fsp3) is 0.476. The molecule has 1 unspecified atom stereocenters. The molecular weight excluding hydrogens is 373 g/mol. The molecule has 0 bridgehead atoms. The summed E-state index contributed by atoms with van der Waals surface area (Å²) in [4.78, 5) is 4.53. The number of halogens is 1. The minimum Gasteiger partial charge on any atom is -0.492 e. The summed E-state index contributed by atoms with van der Waals surface area (Å²) in [7, 11) is 3.44. The van der Waals surface area contributed by atoms with Gasteiger partial charge in [0.05, 0.1) is 23.8 Å². The van der Waals surface area contributed by atoms with Gasteiger partial charge in [0.15, 0.2) is 0 Å². The molecule has 0 saturated carbocycles. The quantitative estimate of drug-likeness (QED) is 0.611. The van der Waals surface area contributed by atoms with E-state index in [4.69, 9.17) is 15.2 Å². The lowest BCUT2D eigenvalue weighted by atomic mass is 9.91. The van der Waals surface area contributed by atoms with Crippen molar-refractivity contribution in [2.75, 3.05) is 33.9 Å². The fourth-order valence-electron chi connectivity index (χ4n) is 4.13. The molecule has 4 rings (SSSR count). The van der Waals surface area contributed by atoms with E-state index in [1.54, 1.807) is 20.2 Å². The first-order valence-electron chi connectivity index (χ1n) is 9.89. The Morgan fingerprint density at radius 3 is 3.03 bits per heavy atom. The van der Waals surface area contributed by atoms with Crippen LogP contribution in [-0.4, -0.2) is 45.8 Å². The third-order valence-corrected chi connectivity index (χ3v) is 5.58. The summed E-state index contributed by atoms with van der Waals surface area (Å²) in [6.07, 6.45) is 5.11. The highest BCUT2D eigenvalue weighted by atomic mass is 19.1. The largest absolute Gasteiger partial charge is 0.492 e. The SMILES string of the molecule is CNC1=NC(N)(c2cc3c(c(C4=CCNC[C@@H](OC)C4)c2F)OCC3)NC(C)=C1. The van der Waals surface area contributed by atoms with E-state index in [0.717, 1.165) is 16.8 Å². The van der Waals surface area contributed by atoms with Crippen molar-refractivity contribution in [1.29, 1.82) is 0 Å². The normalized spacial score (nSPS) is 26.4. The smallest absolute Gasteiger partial charge is 0.214 e. The third-order valence-electron chi connectivity index (χ3n) is 5.58. The van der Waals surface area contributed by atoms with E-state index in [2.05, 4.69) is 20.9 Å². The second kappa shape index (κ2) is 7.78. The van der Waals surface area contributed by atoms with Crippen molar-refractivity contribution < 1.29 is 13.9 Å². The van der Waals surface area contributed by atoms with E-state index in [-0.39, 0.29) is 6.10 Å². The van der Waals surface area contributed by atoms with Crippen molar-refractivity contribution in [2.45, 2.75) is 31.7 Å². The zero-order valence-corrected chi connectivity index (χ0v) is 17.1. The van der Waals surface area contributed by atoms with E-state index < -0.39 is 11.6 Å². The van der Waals surface area contributed by atoms with Crippen molar-refractivity contribution in [2.24, 2.45) is 10.7 Å². The van der Waals surface area contributed by atoms with E-state index in [1.807, 2.05) is 19.1 Å². The number of fused-ring (bicyclic) bond motifs is 1. The number of amidine groups is 1. The van der Waals surface area contributed by atoms with Gasteiger partial charge >= 0.3 is 0 Å². The van der Waals surface area contributed by atoms with E-state index in [1.165, 1.54) is 0 Å². The summed E-state index contributed by atoms with van der Waals surface area (Å²) in [6.45, 7) is 3.76. The fourth-order valence-corrected chi connectivity index (χ4v) is 4.13. The van der Waals surface area contributed by atoms with Crippen molar-refractivity contribution >= 4 is 11.4 Å². The molecule has 7 nitrogen and oxygen atoms in total. The standard InChI is InChI=1S/C21H28FN5O2/c1-12-8-17(24-2)27-21(23,26-12)16-10-14-5-7-29-20(14)18(19(16)22)13-4-6-25-11-15(9-13)28-3/h4,8,10,15,25-26H,5-7,9,11,23H2,1-3H3,(H,24,27)/t15-,21?/m0/s1. The molecule has 0 radical (unpaired) electrons. The lowest BCUT2D eigenvalue weighted by Crippen LogP contribution is -2.52. The Bertz CT molecular complexity index is 911. The number of hydrogen-bond donors (Lipinski definition) is 4. The summed E-state index contributed by atoms with van der Waals surface area (Å²) in [5, 5.41) is 9.44. The van der Waals surface area contributed by atoms with E-state index in [9.17, 15) is 0 Å². The number of nitrogens with one attached hydrogen (secondary N) is 3. The Morgan fingerprint density at radius 1 is 1.45 bits per heavy atom. The number of benzene rings is 1. The summed E-state index contributed by atoms with van der Waals surface area (Å²) in [6, 6.07) is 1.78. The number of hydrogen-bond acceptors (Lipinski definition) is 7. The van der Waals surface area contributed by atoms with Crippen LogP contribution in [0.4, 0.5) is 4.39 Å². The summed E-state index contributed by atoms with van der Waals surface area (Å²) < 4.78 is 27.5. The van der Waals surface area contributed by atoms with Crippen LogP contribution in [0.2, 0.25) is 0 Å². The zero-order chi connectivity index (χ0) is 20.6. The number of methoxy groups -OCH3 is 1. The average molecular weight is 401 g/mol. The molecule has 1 aromatic rings. The van der Waals surface area contributed by atoms with Gasteiger partial charge in [0.2, 0.25) is 5.79 Å². The second-order valence-electron chi connectivity index (χ2n) is 7.62. The van der Waals surface area contributed by atoms with Gasteiger partial charge in [0.25, 0.3) is 0 Å². The minimum absolute atomic E-state index is 0.0393. The van der Waals surface area contributed by atoms with Crippen molar-refractivity contribution in [3.63, 3.8) is 0 Å². The molecule has 0 aromatic heterocycles. The van der Waals surface area contributed by atoms with Gasteiger partial charge in [-0.25, -0.2) is 9.38 Å². The molecule has 0 amide bonds. The van der Waals surface area contributed by atoms with Crippen molar-refractivity contribution in [1.82, 2.24) is 16.0 Å². The van der Waals surface area contributed by atoms with Gasteiger partial charge < -0.3 is 25.4 Å². The van der Waals surface area contributed by atoms with E-state index in [0.29, 0.717) is 55.3 Å². The maximum absolute atomic E-state index is 16.1. The summed E-state index contributed by atoms with van der Waals surface area (Å²) in [5.74, 6) is -0.604. The molecule has 3 aliphatic heterocycles. The number of ether oxygens (including phenoxy) is 2. The first kappa shape index (κ1) is 19.9. The number of nitrogens with zero attached hydrogens (tertiary/aromatic N) is 1. The predicted octanol–water partition coefficient (Wildman–Crippen LogP) is 1.35. The zero-order valence-electron chi connectivity index (χ0n) is 17.1. The number of nitrogens with two attached hydrogens (primary N) is 1. The molecule has 8 heteroatoms. The molecule has 5 N–H and O–H groups in total. The van der Waals surface area contributed by atoms with Crippen molar-refractivity contribution in [3.8, 4) is 5.75 Å². The van der Waals surface area contributed by atoms with Gasteiger partial charge in [-0.15, -0.1) is 0 Å². The molecule has 0 saturated heterocycles. The topological polar surface area (TPSA) is 92.9 Å². The van der Waals surface area contributed by atoms with Crippen LogP contribution in [0, 0.1) is 5.82 Å². The van der Waals surface area contributed by atoms with Gasteiger partial charge in [-0.2, -0.15) is 0 Å². The monoisotopic (exact) mass is 401 g/mol. The lowest BCUT2D eigenvalue weighted by Gasteiger charge is -2.33. The Kier molecular flexibility index (Phi) is 5.33. The average Bonchev–Trinajstić information content (AvgIpc) is 3.03. The number of likely N-dealkylation sites (N-methyl/N-ethyl adjacent to an activating group) is 1. The molecule has 0 spiro atoms. The lowest BCUT2D eigenvalue weighted by molar-refractivity contribution is 0.108. The molecule has 1 aromatic carbocycles. The third kappa shape index (κ3) is 3.63. The first-order valence-corrected chi connectivity index (χ1v) is 9.89.